The van der Waals surface area contributed by atoms with Gasteiger partial charge in [-0.3, -0.25) is 9.79 Å². The smallest absolute Gasteiger partial charge is 0.267 e. The van der Waals surface area contributed by atoms with Crippen LogP contribution in [0.1, 0.15) is 15.9 Å². The maximum absolute atomic E-state index is 12.6. The molecule has 1 aromatic rings. The fourth-order valence-corrected chi connectivity index (χ4v) is 4.68. The van der Waals surface area contributed by atoms with Crippen molar-refractivity contribution in [2.24, 2.45) is 4.99 Å². The molecule has 1 aromatic carbocycles. The average molecular weight is 462 g/mol. The van der Waals surface area contributed by atoms with Gasteiger partial charge in [0.1, 0.15) is 5.84 Å². The van der Waals surface area contributed by atoms with Crippen LogP contribution in [0.5, 0.6) is 0 Å². The molecule has 1 fully saturated rings. The zero-order valence-corrected chi connectivity index (χ0v) is 16.3. The van der Waals surface area contributed by atoms with E-state index < -0.39 is 7.19 Å². The molecule has 1 amide bonds. The van der Waals surface area contributed by atoms with Gasteiger partial charge in [0.25, 0.3) is 13.1 Å². The van der Waals surface area contributed by atoms with Gasteiger partial charge in [0, 0.05) is 50.9 Å². The van der Waals surface area contributed by atoms with Gasteiger partial charge >= 0.3 is 0 Å². The molecule has 24 heavy (non-hydrogen) atoms. The van der Waals surface area contributed by atoms with E-state index in [1.807, 2.05) is 31.3 Å². The first-order valence-corrected chi connectivity index (χ1v) is 11.7. The van der Waals surface area contributed by atoms with Crippen LogP contribution in [0, 0.1) is 0 Å². The molecule has 9 heteroatoms. The number of amides is 1. The number of piperazine rings is 1. The second kappa shape index (κ2) is 6.96. The standard InChI is InChI=1S/C15H19IN4O3S/c1-18-7-6-17-14(18)12-2-4-13(5-3-12)15(21)19-8-10-20(11-9-19)24(16,22)23/h2-5H,6-11H2,1H3. The van der Waals surface area contributed by atoms with Gasteiger partial charge in [0.15, 0.2) is 0 Å². The van der Waals surface area contributed by atoms with Crippen LogP contribution in [0.15, 0.2) is 29.3 Å². The number of hydrogen-bond donors (Lipinski definition) is 0. The fraction of sp³-hybridized carbons (Fsp3) is 0.467. The van der Waals surface area contributed by atoms with Crippen molar-refractivity contribution in [2.45, 2.75) is 0 Å². The monoisotopic (exact) mass is 462 g/mol. The third-order valence-corrected chi connectivity index (χ3v) is 6.94. The predicted molar refractivity (Wildman–Crippen MR) is 101 cm³/mol. The van der Waals surface area contributed by atoms with E-state index in [0.717, 1.165) is 24.5 Å². The molecule has 130 valence electrons. The zero-order valence-electron chi connectivity index (χ0n) is 13.4. The molecule has 2 aliphatic rings. The summed E-state index contributed by atoms with van der Waals surface area (Å²) in [6.45, 7) is 3.24. The molecule has 1 saturated heterocycles. The van der Waals surface area contributed by atoms with Crippen LogP contribution in [0.4, 0.5) is 0 Å². The highest BCUT2D eigenvalue weighted by Crippen LogP contribution is 2.16. The van der Waals surface area contributed by atoms with Gasteiger partial charge in [-0.2, -0.15) is 4.31 Å². The Bertz CT molecular complexity index is 755. The number of likely N-dealkylation sites (N-methyl/N-ethyl adjacent to an activating group) is 1. The lowest BCUT2D eigenvalue weighted by atomic mass is 10.1. The van der Waals surface area contributed by atoms with E-state index in [0.29, 0.717) is 31.7 Å². The van der Waals surface area contributed by atoms with Crippen molar-refractivity contribution in [1.29, 1.82) is 0 Å². The number of hydrogen-bond acceptors (Lipinski definition) is 5. The molecular weight excluding hydrogens is 443 g/mol. The number of carbonyl (C=O) groups is 1. The molecule has 0 atom stereocenters. The van der Waals surface area contributed by atoms with Crippen molar-refractivity contribution < 1.29 is 13.2 Å². The normalized spacial score (nSPS) is 19.5. The summed E-state index contributed by atoms with van der Waals surface area (Å²) in [5, 5.41) is 0. The van der Waals surface area contributed by atoms with Gasteiger partial charge in [-0.25, -0.2) is 8.42 Å². The maximum atomic E-state index is 12.6. The van der Waals surface area contributed by atoms with Crippen molar-refractivity contribution in [1.82, 2.24) is 14.1 Å². The average Bonchev–Trinajstić information content (AvgIpc) is 3.00. The Labute approximate surface area is 154 Å². The summed E-state index contributed by atoms with van der Waals surface area (Å²) in [6.07, 6.45) is 0. The minimum atomic E-state index is -3.21. The minimum Gasteiger partial charge on any atom is -0.358 e. The first-order valence-electron chi connectivity index (χ1n) is 7.71. The molecule has 2 heterocycles. The number of amidine groups is 1. The Hall–Kier alpha value is -1.20. The second-order valence-corrected chi connectivity index (χ2v) is 10.5. The number of benzene rings is 1. The quantitative estimate of drug-likeness (QED) is 0.493. The number of aliphatic imine (C=N–C) groups is 1. The van der Waals surface area contributed by atoms with Crippen molar-refractivity contribution in [3.8, 4) is 0 Å². The molecule has 0 bridgehead atoms. The van der Waals surface area contributed by atoms with Crippen molar-refractivity contribution in [3.05, 3.63) is 35.4 Å². The van der Waals surface area contributed by atoms with E-state index in [4.69, 9.17) is 0 Å². The molecule has 0 radical (unpaired) electrons. The zero-order chi connectivity index (χ0) is 17.3. The van der Waals surface area contributed by atoms with Crippen molar-refractivity contribution in [2.75, 3.05) is 46.3 Å². The highest BCUT2D eigenvalue weighted by Gasteiger charge is 2.27. The molecule has 0 saturated carbocycles. The lowest BCUT2D eigenvalue weighted by Crippen LogP contribution is -2.49. The van der Waals surface area contributed by atoms with Crippen LogP contribution in [0.2, 0.25) is 0 Å². The van der Waals surface area contributed by atoms with E-state index in [1.54, 1.807) is 4.90 Å². The molecule has 3 rings (SSSR count). The summed E-state index contributed by atoms with van der Waals surface area (Å²) in [7, 11) is -1.21. The molecular formula is C15H19IN4O3S. The van der Waals surface area contributed by atoms with Gasteiger partial charge < -0.3 is 9.80 Å². The van der Waals surface area contributed by atoms with E-state index >= 15 is 0 Å². The summed E-state index contributed by atoms with van der Waals surface area (Å²) >= 11 is 1.43. The summed E-state index contributed by atoms with van der Waals surface area (Å²) in [6, 6.07) is 7.46. The predicted octanol–water partition coefficient (Wildman–Crippen LogP) is 0.816. The third-order valence-electron chi connectivity index (χ3n) is 4.28. The first-order chi connectivity index (χ1) is 11.4. The van der Waals surface area contributed by atoms with Crippen LogP contribution < -0.4 is 0 Å². The Morgan fingerprint density at radius 1 is 1.08 bits per heavy atom. The Kier molecular flexibility index (Phi) is 5.11. The maximum Gasteiger partial charge on any atom is 0.267 e. The van der Waals surface area contributed by atoms with Gasteiger partial charge in [-0.05, 0) is 12.1 Å². The molecule has 7 nitrogen and oxygen atoms in total. The summed E-state index contributed by atoms with van der Waals surface area (Å²) in [5.74, 6) is 0.892. The minimum absolute atomic E-state index is 0.0613. The topological polar surface area (TPSA) is 73.3 Å². The van der Waals surface area contributed by atoms with Gasteiger partial charge in [0.05, 0.1) is 27.8 Å². The van der Waals surface area contributed by atoms with Crippen LogP contribution >= 0.6 is 21.2 Å². The second-order valence-electron chi connectivity index (χ2n) is 5.84. The first kappa shape index (κ1) is 17.6. The number of halogens is 1. The van der Waals surface area contributed by atoms with Crippen molar-refractivity contribution >= 4 is 40.1 Å². The van der Waals surface area contributed by atoms with Gasteiger partial charge in [-0.15, -0.1) is 0 Å². The molecule has 0 N–H and O–H groups in total. The van der Waals surface area contributed by atoms with E-state index in [2.05, 4.69) is 9.89 Å². The fourth-order valence-electron chi connectivity index (χ4n) is 2.90. The van der Waals surface area contributed by atoms with Crippen LogP contribution in [-0.4, -0.2) is 80.6 Å². The Morgan fingerprint density at radius 2 is 1.71 bits per heavy atom. The van der Waals surface area contributed by atoms with Crippen LogP contribution in [0.3, 0.4) is 0 Å². The molecule has 0 aromatic heterocycles. The Balaban J connectivity index is 1.66. The highest BCUT2D eigenvalue weighted by atomic mass is 127. The van der Waals surface area contributed by atoms with Gasteiger partial charge in [-0.1, -0.05) is 12.1 Å². The number of nitrogens with zero attached hydrogens (tertiary/aromatic N) is 4. The molecule has 0 spiro atoms. The third kappa shape index (κ3) is 3.72. The summed E-state index contributed by atoms with van der Waals surface area (Å²) in [4.78, 5) is 20.8. The number of rotatable bonds is 3. The molecule has 0 unspecified atom stereocenters. The van der Waals surface area contributed by atoms with E-state index in [1.165, 1.54) is 25.5 Å². The SMILES string of the molecule is CN1CCN=C1c1ccc(C(=O)N2CCN(S(=O)(=O)I)CC2)cc1. The molecule has 2 aliphatic heterocycles. The highest BCUT2D eigenvalue weighted by molar-refractivity contribution is 14.2. The largest absolute Gasteiger partial charge is 0.358 e. The lowest BCUT2D eigenvalue weighted by molar-refractivity contribution is 0.0699. The Morgan fingerprint density at radius 3 is 2.21 bits per heavy atom. The van der Waals surface area contributed by atoms with E-state index in [-0.39, 0.29) is 5.91 Å². The molecule has 0 aliphatic carbocycles. The van der Waals surface area contributed by atoms with Gasteiger partial charge in [0.2, 0.25) is 0 Å². The van der Waals surface area contributed by atoms with E-state index in [9.17, 15) is 13.2 Å². The summed E-state index contributed by atoms with van der Waals surface area (Å²) in [5.41, 5.74) is 1.62. The van der Waals surface area contributed by atoms with Crippen molar-refractivity contribution in [3.63, 3.8) is 0 Å². The van der Waals surface area contributed by atoms with Crippen LogP contribution in [0.25, 0.3) is 0 Å². The number of carbonyl (C=O) groups excluding carboxylic acids is 1. The van der Waals surface area contributed by atoms with Crippen LogP contribution in [-0.2, 0) is 7.19 Å². The summed E-state index contributed by atoms with van der Waals surface area (Å²) < 4.78 is 24.4. The lowest BCUT2D eigenvalue weighted by Gasteiger charge is -2.32.